The molecule has 0 amide bonds. The molecule has 0 atom stereocenters. The third kappa shape index (κ3) is 3.97. The molecule has 12 heteroatoms. The van der Waals surface area contributed by atoms with Gasteiger partial charge in [0.2, 0.25) is 0 Å². The summed E-state index contributed by atoms with van der Waals surface area (Å²) in [5, 5.41) is 37.7. The molecule has 0 saturated carbocycles. The van der Waals surface area contributed by atoms with Crippen molar-refractivity contribution in [2.75, 3.05) is 28.5 Å². The molecule has 12 nitrogen and oxygen atoms in total. The van der Waals surface area contributed by atoms with Crippen molar-refractivity contribution in [3.8, 4) is 11.5 Å². The highest BCUT2D eigenvalue weighted by Gasteiger charge is 2.43. The molecule has 0 unspecified atom stereocenters. The van der Waals surface area contributed by atoms with Crippen LogP contribution in [0.4, 0.5) is 34.1 Å². The molecule has 176 valence electrons. The van der Waals surface area contributed by atoms with Crippen molar-refractivity contribution in [3.63, 3.8) is 0 Å². The Bertz CT molecular complexity index is 1220. The zero-order valence-corrected chi connectivity index (χ0v) is 18.3. The Hall–Kier alpha value is -4.58. The third-order valence-corrected chi connectivity index (χ3v) is 5.03. The second-order valence-corrected chi connectivity index (χ2v) is 7.09. The molecule has 1 aliphatic heterocycles. The smallest absolute Gasteiger partial charge is 0.304 e. The van der Waals surface area contributed by atoms with Crippen LogP contribution in [0.5, 0.6) is 11.5 Å². The summed E-state index contributed by atoms with van der Waals surface area (Å²) >= 11 is 0. The number of fused-ring (bicyclic) bond motifs is 1. The molecule has 0 aliphatic carbocycles. The largest absolute Gasteiger partial charge is 0.494 e. The van der Waals surface area contributed by atoms with Crippen LogP contribution in [-0.2, 0) is 0 Å². The molecule has 0 radical (unpaired) electrons. The molecular weight excluding hydrogens is 446 g/mol. The van der Waals surface area contributed by atoms with Gasteiger partial charge in [0.15, 0.2) is 5.69 Å². The highest BCUT2D eigenvalue weighted by molar-refractivity contribution is 5.94. The normalized spacial score (nSPS) is 12.5. The average molecular weight is 467 g/mol. The number of nitrogens with zero attached hydrogens (tertiary/aromatic N) is 5. The Morgan fingerprint density at radius 1 is 0.824 bits per heavy atom. The summed E-state index contributed by atoms with van der Waals surface area (Å²) in [6.07, 6.45) is 0. The SMILES string of the molecule is CCOc1ccc(N2c3c(cc([N+](=O)[O-])cc3[N+](=O)[O-])N(O)N2c2ccc(OCC)cc2)cc1. The zero-order valence-electron chi connectivity index (χ0n) is 18.3. The Kier molecular flexibility index (Phi) is 6.06. The second-order valence-electron chi connectivity index (χ2n) is 7.09. The predicted molar refractivity (Wildman–Crippen MR) is 124 cm³/mol. The van der Waals surface area contributed by atoms with E-state index in [0.29, 0.717) is 41.3 Å². The summed E-state index contributed by atoms with van der Waals surface area (Å²) in [4.78, 5) is 21.9. The van der Waals surface area contributed by atoms with Crippen LogP contribution < -0.4 is 24.8 Å². The Morgan fingerprint density at radius 2 is 1.35 bits per heavy atom. The van der Waals surface area contributed by atoms with Gasteiger partial charge in [-0.05, 0) is 62.4 Å². The van der Waals surface area contributed by atoms with E-state index in [1.807, 2.05) is 13.8 Å². The van der Waals surface area contributed by atoms with Crippen molar-refractivity contribution in [2.24, 2.45) is 0 Å². The van der Waals surface area contributed by atoms with Gasteiger partial charge in [-0.3, -0.25) is 25.4 Å². The summed E-state index contributed by atoms with van der Waals surface area (Å²) < 4.78 is 10.9. The number of benzene rings is 3. The molecule has 34 heavy (non-hydrogen) atoms. The molecule has 3 aromatic carbocycles. The minimum absolute atomic E-state index is 0.0313. The lowest BCUT2D eigenvalue weighted by Gasteiger charge is -2.33. The number of anilines is 4. The molecule has 0 fully saturated rings. The van der Waals surface area contributed by atoms with Crippen molar-refractivity contribution in [3.05, 3.63) is 80.9 Å². The molecule has 3 aromatic rings. The predicted octanol–water partition coefficient (Wildman–Crippen LogP) is 4.98. The molecule has 0 spiro atoms. The summed E-state index contributed by atoms with van der Waals surface area (Å²) in [6.45, 7) is 4.62. The van der Waals surface area contributed by atoms with E-state index in [1.54, 1.807) is 48.5 Å². The number of hydrogen-bond donors (Lipinski definition) is 1. The van der Waals surface area contributed by atoms with E-state index in [9.17, 15) is 25.4 Å². The summed E-state index contributed by atoms with van der Waals surface area (Å²) in [6, 6.07) is 15.3. The quantitative estimate of drug-likeness (QED) is 0.357. The van der Waals surface area contributed by atoms with Crippen molar-refractivity contribution >= 4 is 34.1 Å². The van der Waals surface area contributed by atoms with Gasteiger partial charge in [-0.25, -0.2) is 5.01 Å². The fourth-order valence-electron chi connectivity index (χ4n) is 3.64. The van der Waals surface area contributed by atoms with Crippen LogP contribution in [0.15, 0.2) is 60.7 Å². The highest BCUT2D eigenvalue weighted by Crippen LogP contribution is 2.51. The van der Waals surface area contributed by atoms with Gasteiger partial charge in [0.25, 0.3) is 5.69 Å². The van der Waals surface area contributed by atoms with Gasteiger partial charge in [-0.2, -0.15) is 5.12 Å². The first-order valence-electron chi connectivity index (χ1n) is 10.4. The molecule has 0 aromatic heterocycles. The molecule has 1 aliphatic rings. The average Bonchev–Trinajstić information content (AvgIpc) is 3.12. The number of hydrogen-bond acceptors (Lipinski definition) is 10. The second kappa shape index (κ2) is 9.11. The standard InChI is InChI=1S/C22H21N5O7/c1-3-33-18-9-5-15(6-10-18)23-22-20(13-17(26(29)30)14-21(22)27(31)32)25(28)24(23)16-7-11-19(12-8-16)34-4-2/h5-14,28H,3-4H2,1-2H3. The lowest BCUT2D eigenvalue weighted by molar-refractivity contribution is -0.393. The number of hydrazine groups is 2. The molecule has 1 heterocycles. The van der Waals surface area contributed by atoms with E-state index in [-0.39, 0.29) is 11.4 Å². The maximum absolute atomic E-state index is 11.9. The zero-order chi connectivity index (χ0) is 24.4. The van der Waals surface area contributed by atoms with Gasteiger partial charge in [-0.1, -0.05) is 0 Å². The first kappa shape index (κ1) is 22.6. The van der Waals surface area contributed by atoms with Gasteiger partial charge in [0.05, 0.1) is 40.5 Å². The first-order valence-corrected chi connectivity index (χ1v) is 10.4. The maximum Gasteiger partial charge on any atom is 0.304 e. The summed E-state index contributed by atoms with van der Waals surface area (Å²) in [7, 11) is 0. The molecule has 0 bridgehead atoms. The van der Waals surface area contributed by atoms with Gasteiger partial charge >= 0.3 is 5.69 Å². The first-order chi connectivity index (χ1) is 16.3. The number of ether oxygens (including phenoxy) is 2. The van der Waals surface area contributed by atoms with E-state index in [4.69, 9.17) is 9.47 Å². The maximum atomic E-state index is 11.9. The van der Waals surface area contributed by atoms with Crippen LogP contribution in [0, 0.1) is 20.2 Å². The monoisotopic (exact) mass is 467 g/mol. The summed E-state index contributed by atoms with van der Waals surface area (Å²) in [5.74, 6) is 1.19. The van der Waals surface area contributed by atoms with Crippen LogP contribution in [0.2, 0.25) is 0 Å². The van der Waals surface area contributed by atoms with E-state index in [1.165, 1.54) is 10.1 Å². The van der Waals surface area contributed by atoms with Gasteiger partial charge in [-0.15, -0.1) is 5.17 Å². The van der Waals surface area contributed by atoms with E-state index >= 15 is 0 Å². The van der Waals surface area contributed by atoms with E-state index in [2.05, 4.69) is 0 Å². The number of nitro groups is 2. The topological polar surface area (TPSA) is 135 Å². The van der Waals surface area contributed by atoms with Crippen molar-refractivity contribution in [1.82, 2.24) is 0 Å². The van der Waals surface area contributed by atoms with Crippen molar-refractivity contribution < 1.29 is 24.5 Å². The molecular formula is C22H21N5O7. The Morgan fingerprint density at radius 3 is 1.82 bits per heavy atom. The number of nitro benzene ring substituents is 2. The fraction of sp³-hybridized carbons (Fsp3) is 0.182. The van der Waals surface area contributed by atoms with Gasteiger partial charge in [0.1, 0.15) is 17.2 Å². The van der Waals surface area contributed by atoms with Crippen molar-refractivity contribution in [2.45, 2.75) is 13.8 Å². The van der Waals surface area contributed by atoms with Crippen LogP contribution in [0.25, 0.3) is 0 Å². The lowest BCUT2D eigenvalue weighted by Crippen LogP contribution is -2.45. The van der Waals surface area contributed by atoms with Gasteiger partial charge < -0.3 is 9.47 Å². The highest BCUT2D eigenvalue weighted by atomic mass is 16.6. The molecule has 1 N–H and O–H groups in total. The minimum Gasteiger partial charge on any atom is -0.494 e. The molecule has 0 saturated heterocycles. The number of non-ortho nitro benzene ring substituents is 1. The van der Waals surface area contributed by atoms with Crippen LogP contribution in [0.3, 0.4) is 0 Å². The Balaban J connectivity index is 1.91. The van der Waals surface area contributed by atoms with Crippen molar-refractivity contribution in [1.29, 1.82) is 0 Å². The van der Waals surface area contributed by atoms with Crippen LogP contribution in [-0.4, -0.2) is 28.3 Å². The minimum atomic E-state index is -0.748. The molecule has 4 rings (SSSR count). The number of rotatable bonds is 8. The van der Waals surface area contributed by atoms with Crippen LogP contribution in [0.1, 0.15) is 13.8 Å². The van der Waals surface area contributed by atoms with Crippen LogP contribution >= 0.6 is 0 Å². The summed E-state index contributed by atoms with van der Waals surface area (Å²) in [5.41, 5.74) is -0.338. The third-order valence-electron chi connectivity index (χ3n) is 5.03. The lowest BCUT2D eigenvalue weighted by atomic mass is 10.2. The Labute approximate surface area is 194 Å². The van der Waals surface area contributed by atoms with E-state index in [0.717, 1.165) is 12.1 Å². The van der Waals surface area contributed by atoms with Gasteiger partial charge in [0, 0.05) is 6.07 Å². The fourth-order valence-corrected chi connectivity index (χ4v) is 3.64. The van der Waals surface area contributed by atoms with E-state index < -0.39 is 21.2 Å².